The van der Waals surface area contributed by atoms with Crippen molar-refractivity contribution in [3.8, 4) is 0 Å². The van der Waals surface area contributed by atoms with Crippen molar-refractivity contribution in [2.75, 3.05) is 53.9 Å². The number of nitrogens with zero attached hydrogens (tertiary/aromatic N) is 2. The second kappa shape index (κ2) is 6.17. The average Bonchev–Trinajstić information content (AvgIpc) is 2.73. The van der Waals surface area contributed by atoms with Crippen LogP contribution in [0.2, 0.25) is 0 Å². The summed E-state index contributed by atoms with van der Waals surface area (Å²) >= 11 is 0. The molecular weight excluding hydrogens is 210 g/mol. The maximum Gasteiger partial charge on any atom is 0.00103 e. The van der Waals surface area contributed by atoms with Crippen molar-refractivity contribution in [1.82, 2.24) is 15.1 Å². The zero-order chi connectivity index (χ0) is 12.3. The molecule has 2 rings (SSSR count). The van der Waals surface area contributed by atoms with E-state index in [2.05, 4.69) is 36.3 Å². The summed E-state index contributed by atoms with van der Waals surface area (Å²) < 4.78 is 0. The standard InChI is InChI=1S/C14H29N3/c1-16(2)11-14(12-4-7-15-8-5-12)13-6-9-17(3)10-13/h12-15H,4-11H2,1-3H3. The summed E-state index contributed by atoms with van der Waals surface area (Å²) in [5, 5.41) is 3.50. The first-order chi connectivity index (χ1) is 8.16. The minimum Gasteiger partial charge on any atom is -0.317 e. The van der Waals surface area contributed by atoms with Gasteiger partial charge < -0.3 is 15.1 Å². The lowest BCUT2D eigenvalue weighted by atomic mass is 9.76. The first-order valence-corrected chi connectivity index (χ1v) is 7.21. The van der Waals surface area contributed by atoms with Gasteiger partial charge in [-0.1, -0.05) is 0 Å². The van der Waals surface area contributed by atoms with Gasteiger partial charge in [-0.2, -0.15) is 0 Å². The van der Waals surface area contributed by atoms with Gasteiger partial charge in [0, 0.05) is 13.1 Å². The van der Waals surface area contributed by atoms with Crippen LogP contribution in [-0.2, 0) is 0 Å². The molecule has 2 atom stereocenters. The van der Waals surface area contributed by atoms with Crippen molar-refractivity contribution in [1.29, 1.82) is 0 Å². The normalized spacial score (nSPS) is 30.0. The summed E-state index contributed by atoms with van der Waals surface area (Å²) in [6, 6.07) is 0. The highest BCUT2D eigenvalue weighted by Gasteiger charge is 2.33. The Bertz CT molecular complexity index is 219. The first kappa shape index (κ1) is 13.3. The maximum absolute atomic E-state index is 3.50. The molecule has 2 unspecified atom stereocenters. The molecular formula is C14H29N3. The van der Waals surface area contributed by atoms with Gasteiger partial charge in [-0.05, 0) is 77.8 Å². The number of hydrogen-bond donors (Lipinski definition) is 1. The number of piperidine rings is 1. The molecule has 3 heteroatoms. The van der Waals surface area contributed by atoms with Gasteiger partial charge in [-0.25, -0.2) is 0 Å². The van der Waals surface area contributed by atoms with Gasteiger partial charge >= 0.3 is 0 Å². The summed E-state index contributed by atoms with van der Waals surface area (Å²) in [5.74, 6) is 2.80. The molecule has 2 aliphatic rings. The predicted molar refractivity (Wildman–Crippen MR) is 73.2 cm³/mol. The largest absolute Gasteiger partial charge is 0.317 e. The van der Waals surface area contributed by atoms with Crippen LogP contribution in [-0.4, -0.2) is 63.7 Å². The van der Waals surface area contributed by atoms with E-state index in [-0.39, 0.29) is 0 Å². The van der Waals surface area contributed by atoms with Crippen LogP contribution in [0.1, 0.15) is 19.3 Å². The average molecular weight is 239 g/mol. The fourth-order valence-electron chi connectivity index (χ4n) is 3.70. The molecule has 2 heterocycles. The predicted octanol–water partition coefficient (Wildman–Crippen LogP) is 1.12. The molecule has 0 bridgehead atoms. The van der Waals surface area contributed by atoms with Gasteiger partial charge in [0.2, 0.25) is 0 Å². The summed E-state index contributed by atoms with van der Waals surface area (Å²) in [6.45, 7) is 6.37. The lowest BCUT2D eigenvalue weighted by Gasteiger charge is -2.36. The number of hydrogen-bond acceptors (Lipinski definition) is 3. The number of nitrogens with one attached hydrogen (secondary N) is 1. The quantitative estimate of drug-likeness (QED) is 0.793. The molecule has 2 fully saturated rings. The van der Waals surface area contributed by atoms with Crippen LogP contribution in [0.5, 0.6) is 0 Å². The molecule has 0 saturated carbocycles. The van der Waals surface area contributed by atoms with E-state index in [9.17, 15) is 0 Å². The summed E-state index contributed by atoms with van der Waals surface area (Å²) in [7, 11) is 6.73. The summed E-state index contributed by atoms with van der Waals surface area (Å²) in [6.07, 6.45) is 4.19. The second-order valence-electron chi connectivity index (χ2n) is 6.32. The van der Waals surface area contributed by atoms with E-state index in [1.54, 1.807) is 0 Å². The van der Waals surface area contributed by atoms with E-state index in [4.69, 9.17) is 0 Å². The van der Waals surface area contributed by atoms with Gasteiger partial charge in [0.05, 0.1) is 0 Å². The molecule has 3 nitrogen and oxygen atoms in total. The SMILES string of the molecule is CN(C)CC(C1CCNCC1)C1CCN(C)C1. The van der Waals surface area contributed by atoms with Crippen molar-refractivity contribution >= 4 is 0 Å². The van der Waals surface area contributed by atoms with Crippen LogP contribution in [0.4, 0.5) is 0 Å². The van der Waals surface area contributed by atoms with Crippen molar-refractivity contribution in [2.45, 2.75) is 19.3 Å². The van der Waals surface area contributed by atoms with Gasteiger partial charge in [0.1, 0.15) is 0 Å². The highest BCUT2D eigenvalue weighted by molar-refractivity contribution is 4.86. The topological polar surface area (TPSA) is 18.5 Å². The third-order valence-corrected chi connectivity index (χ3v) is 4.60. The van der Waals surface area contributed by atoms with Gasteiger partial charge in [-0.3, -0.25) is 0 Å². The van der Waals surface area contributed by atoms with Gasteiger partial charge in [-0.15, -0.1) is 0 Å². The Hall–Kier alpha value is -0.120. The Morgan fingerprint density at radius 2 is 1.88 bits per heavy atom. The second-order valence-corrected chi connectivity index (χ2v) is 6.32. The van der Waals surface area contributed by atoms with E-state index >= 15 is 0 Å². The van der Waals surface area contributed by atoms with Crippen molar-refractivity contribution in [3.63, 3.8) is 0 Å². The van der Waals surface area contributed by atoms with E-state index in [1.807, 2.05) is 0 Å². The van der Waals surface area contributed by atoms with Crippen molar-refractivity contribution in [2.24, 2.45) is 17.8 Å². The molecule has 0 aromatic rings. The molecule has 100 valence electrons. The van der Waals surface area contributed by atoms with E-state index in [0.717, 1.165) is 17.8 Å². The van der Waals surface area contributed by atoms with Crippen LogP contribution < -0.4 is 5.32 Å². The monoisotopic (exact) mass is 239 g/mol. The molecule has 0 spiro atoms. The molecule has 17 heavy (non-hydrogen) atoms. The molecule has 0 aromatic heterocycles. The van der Waals surface area contributed by atoms with Crippen molar-refractivity contribution < 1.29 is 0 Å². The Balaban J connectivity index is 1.96. The Morgan fingerprint density at radius 1 is 1.18 bits per heavy atom. The molecule has 0 aromatic carbocycles. The fourth-order valence-corrected chi connectivity index (χ4v) is 3.70. The Labute approximate surface area is 107 Å². The molecule has 0 aliphatic carbocycles. The third-order valence-electron chi connectivity index (χ3n) is 4.60. The highest BCUT2D eigenvalue weighted by atomic mass is 15.1. The molecule has 1 N–H and O–H groups in total. The van der Waals surface area contributed by atoms with Crippen LogP contribution in [0.25, 0.3) is 0 Å². The Kier molecular flexibility index (Phi) is 4.83. The molecule has 0 amide bonds. The Morgan fingerprint density at radius 3 is 2.41 bits per heavy atom. The zero-order valence-corrected chi connectivity index (χ0v) is 11.8. The fraction of sp³-hybridized carbons (Fsp3) is 1.00. The van der Waals surface area contributed by atoms with Crippen LogP contribution in [0.3, 0.4) is 0 Å². The smallest absolute Gasteiger partial charge is 0.00103 e. The highest BCUT2D eigenvalue weighted by Crippen LogP contribution is 2.33. The lowest BCUT2D eigenvalue weighted by Crippen LogP contribution is -2.39. The number of rotatable bonds is 4. The first-order valence-electron chi connectivity index (χ1n) is 7.21. The summed E-state index contributed by atoms with van der Waals surface area (Å²) in [5.41, 5.74) is 0. The third kappa shape index (κ3) is 3.67. The summed E-state index contributed by atoms with van der Waals surface area (Å²) in [4.78, 5) is 4.90. The van der Waals surface area contributed by atoms with E-state index in [0.29, 0.717) is 0 Å². The van der Waals surface area contributed by atoms with Gasteiger partial charge in [0.15, 0.2) is 0 Å². The number of likely N-dealkylation sites (tertiary alicyclic amines) is 1. The molecule has 2 aliphatic heterocycles. The van der Waals surface area contributed by atoms with Crippen LogP contribution >= 0.6 is 0 Å². The minimum atomic E-state index is 0.914. The maximum atomic E-state index is 3.50. The molecule has 2 saturated heterocycles. The lowest BCUT2D eigenvalue weighted by molar-refractivity contribution is 0.146. The molecule has 0 radical (unpaired) electrons. The minimum absolute atomic E-state index is 0.914. The van der Waals surface area contributed by atoms with Crippen molar-refractivity contribution in [3.05, 3.63) is 0 Å². The zero-order valence-electron chi connectivity index (χ0n) is 11.8. The van der Waals surface area contributed by atoms with E-state index < -0.39 is 0 Å². The van der Waals surface area contributed by atoms with Gasteiger partial charge in [0.25, 0.3) is 0 Å². The van der Waals surface area contributed by atoms with Crippen LogP contribution in [0.15, 0.2) is 0 Å². The van der Waals surface area contributed by atoms with E-state index in [1.165, 1.54) is 52.0 Å². The van der Waals surface area contributed by atoms with Crippen LogP contribution in [0, 0.1) is 17.8 Å².